The molecule has 1 N–H and O–H groups in total. The Morgan fingerprint density at radius 1 is 1.53 bits per heavy atom. The number of carbonyl (C=O) groups is 2. The predicted octanol–water partition coefficient (Wildman–Crippen LogP) is 0.978. The zero-order valence-corrected chi connectivity index (χ0v) is 8.81. The Labute approximate surface area is 88.9 Å². The molecule has 0 amide bonds. The number of hydrogen-bond acceptors (Lipinski definition) is 4. The first-order chi connectivity index (χ1) is 7.15. The molecule has 15 heavy (non-hydrogen) atoms. The van der Waals surface area contributed by atoms with Crippen molar-refractivity contribution in [1.29, 1.82) is 0 Å². The van der Waals surface area contributed by atoms with Gasteiger partial charge in [-0.1, -0.05) is 13.0 Å². The maximum atomic E-state index is 11.4. The summed E-state index contributed by atoms with van der Waals surface area (Å²) in [5.41, 5.74) is 0. The average molecular weight is 212 g/mol. The van der Waals surface area contributed by atoms with Crippen LogP contribution in [0.25, 0.3) is 0 Å². The smallest absolute Gasteiger partial charge is 0.306 e. The first kappa shape index (κ1) is 11.9. The van der Waals surface area contributed by atoms with E-state index in [2.05, 4.69) is 0 Å². The summed E-state index contributed by atoms with van der Waals surface area (Å²) in [4.78, 5) is 22.6. The van der Waals surface area contributed by atoms with Crippen molar-refractivity contribution in [3.05, 3.63) is 12.2 Å². The first-order valence-corrected chi connectivity index (χ1v) is 5.23. The lowest BCUT2D eigenvalue weighted by Gasteiger charge is -2.20. The van der Waals surface area contributed by atoms with Crippen LogP contribution < -0.4 is 0 Å². The van der Waals surface area contributed by atoms with Gasteiger partial charge < -0.3 is 9.84 Å². The van der Waals surface area contributed by atoms with Crippen LogP contribution in [0.2, 0.25) is 0 Å². The van der Waals surface area contributed by atoms with Gasteiger partial charge in [0, 0.05) is 6.42 Å². The Hall–Kier alpha value is -1.16. The standard InChI is InChI=1S/C11H16O4/c1-2-9-11(14)8(12)6-4-3-5-7-10(13)15-9/h4,6,9,11,14H,2-3,5,7H2,1H3/b6-4-/t9-,11+/m1/s1. The van der Waals surface area contributed by atoms with Crippen LogP contribution >= 0.6 is 0 Å². The van der Waals surface area contributed by atoms with Crippen LogP contribution in [-0.4, -0.2) is 29.1 Å². The highest BCUT2D eigenvalue weighted by Gasteiger charge is 2.26. The fourth-order valence-electron chi connectivity index (χ4n) is 1.44. The number of ketones is 1. The molecule has 0 aromatic heterocycles. The van der Waals surface area contributed by atoms with Crippen molar-refractivity contribution in [2.24, 2.45) is 0 Å². The third-order valence-corrected chi connectivity index (χ3v) is 2.36. The second kappa shape index (κ2) is 5.66. The molecule has 2 atom stereocenters. The predicted molar refractivity (Wildman–Crippen MR) is 54.2 cm³/mol. The van der Waals surface area contributed by atoms with Crippen LogP contribution in [0.1, 0.15) is 32.6 Å². The van der Waals surface area contributed by atoms with Gasteiger partial charge in [0.05, 0.1) is 0 Å². The van der Waals surface area contributed by atoms with Gasteiger partial charge in [-0.25, -0.2) is 0 Å². The second-order valence-corrected chi connectivity index (χ2v) is 3.58. The summed E-state index contributed by atoms with van der Waals surface area (Å²) < 4.78 is 5.02. The van der Waals surface area contributed by atoms with Crippen LogP contribution in [0.15, 0.2) is 12.2 Å². The SMILES string of the molecule is CC[C@H]1OC(=O)CCC/C=C\C(=O)[C@@H]1O. The van der Waals surface area contributed by atoms with E-state index in [1.807, 2.05) is 0 Å². The van der Waals surface area contributed by atoms with Crippen LogP contribution in [0, 0.1) is 0 Å². The molecule has 0 spiro atoms. The molecule has 4 nitrogen and oxygen atoms in total. The third-order valence-electron chi connectivity index (χ3n) is 2.36. The van der Waals surface area contributed by atoms with Crippen molar-refractivity contribution in [2.45, 2.75) is 44.8 Å². The number of allylic oxidation sites excluding steroid dienone is 1. The van der Waals surface area contributed by atoms with Gasteiger partial charge in [-0.2, -0.15) is 0 Å². The maximum absolute atomic E-state index is 11.4. The van der Waals surface area contributed by atoms with E-state index in [9.17, 15) is 14.7 Å². The summed E-state index contributed by atoms with van der Waals surface area (Å²) in [6.45, 7) is 1.77. The Bertz CT molecular complexity index is 270. The molecule has 0 fully saturated rings. The van der Waals surface area contributed by atoms with Gasteiger partial charge in [0.2, 0.25) is 0 Å². The molecular weight excluding hydrogens is 196 g/mol. The topological polar surface area (TPSA) is 63.6 Å². The highest BCUT2D eigenvalue weighted by molar-refractivity contribution is 5.94. The van der Waals surface area contributed by atoms with E-state index in [1.54, 1.807) is 13.0 Å². The van der Waals surface area contributed by atoms with Gasteiger partial charge in [-0.15, -0.1) is 0 Å². The van der Waals surface area contributed by atoms with Crippen LogP contribution in [0.3, 0.4) is 0 Å². The summed E-state index contributed by atoms with van der Waals surface area (Å²) in [5, 5.41) is 9.60. The lowest BCUT2D eigenvalue weighted by molar-refractivity contribution is -0.157. The molecule has 0 saturated heterocycles. The fraction of sp³-hybridized carbons (Fsp3) is 0.636. The fourth-order valence-corrected chi connectivity index (χ4v) is 1.44. The van der Waals surface area contributed by atoms with Gasteiger partial charge in [-0.3, -0.25) is 9.59 Å². The van der Waals surface area contributed by atoms with E-state index in [1.165, 1.54) is 6.08 Å². The number of carbonyl (C=O) groups excluding carboxylic acids is 2. The minimum absolute atomic E-state index is 0.335. The maximum Gasteiger partial charge on any atom is 0.306 e. The molecule has 84 valence electrons. The van der Waals surface area contributed by atoms with Crippen molar-refractivity contribution in [3.63, 3.8) is 0 Å². The molecule has 1 rings (SSSR count). The van der Waals surface area contributed by atoms with Crippen molar-refractivity contribution >= 4 is 11.8 Å². The number of hydrogen-bond donors (Lipinski definition) is 1. The van der Waals surface area contributed by atoms with Crippen molar-refractivity contribution < 1.29 is 19.4 Å². The molecule has 0 aromatic carbocycles. The Kier molecular flexibility index (Phi) is 4.49. The molecule has 1 heterocycles. The monoisotopic (exact) mass is 212 g/mol. The molecule has 0 saturated carbocycles. The molecule has 0 unspecified atom stereocenters. The van der Waals surface area contributed by atoms with Crippen LogP contribution in [0.4, 0.5) is 0 Å². The zero-order valence-electron chi connectivity index (χ0n) is 8.81. The number of rotatable bonds is 1. The normalized spacial score (nSPS) is 30.8. The highest BCUT2D eigenvalue weighted by atomic mass is 16.6. The van der Waals surface area contributed by atoms with E-state index >= 15 is 0 Å². The highest BCUT2D eigenvalue weighted by Crippen LogP contribution is 2.11. The van der Waals surface area contributed by atoms with E-state index in [0.717, 1.165) is 0 Å². The lowest BCUT2D eigenvalue weighted by atomic mass is 10.1. The molecule has 4 heteroatoms. The Morgan fingerprint density at radius 2 is 2.27 bits per heavy atom. The minimum atomic E-state index is -1.23. The molecule has 0 aromatic rings. The summed E-state index contributed by atoms with van der Waals surface area (Å²) in [6.07, 6.45) is 3.22. The minimum Gasteiger partial charge on any atom is -0.459 e. The van der Waals surface area contributed by atoms with Crippen molar-refractivity contribution in [2.75, 3.05) is 0 Å². The van der Waals surface area contributed by atoms with E-state index < -0.39 is 18.0 Å². The zero-order chi connectivity index (χ0) is 11.3. The number of cyclic esters (lactones) is 1. The quantitative estimate of drug-likeness (QED) is 0.658. The van der Waals surface area contributed by atoms with Gasteiger partial charge >= 0.3 is 5.97 Å². The summed E-state index contributed by atoms with van der Waals surface area (Å²) in [6, 6.07) is 0. The second-order valence-electron chi connectivity index (χ2n) is 3.58. The van der Waals surface area contributed by atoms with Crippen molar-refractivity contribution in [3.8, 4) is 0 Å². The van der Waals surface area contributed by atoms with E-state index in [-0.39, 0.29) is 5.97 Å². The lowest BCUT2D eigenvalue weighted by Crippen LogP contribution is -2.36. The summed E-state index contributed by atoms with van der Waals surface area (Å²) in [7, 11) is 0. The molecule has 0 aliphatic carbocycles. The Morgan fingerprint density at radius 3 is 2.93 bits per heavy atom. The molecule has 1 aliphatic heterocycles. The number of esters is 1. The third kappa shape index (κ3) is 3.47. The van der Waals surface area contributed by atoms with Gasteiger partial charge in [0.15, 0.2) is 11.9 Å². The number of aliphatic hydroxyl groups is 1. The van der Waals surface area contributed by atoms with Gasteiger partial charge in [0.1, 0.15) is 6.10 Å². The first-order valence-electron chi connectivity index (χ1n) is 5.23. The number of ether oxygens (including phenoxy) is 1. The largest absolute Gasteiger partial charge is 0.459 e. The van der Waals surface area contributed by atoms with Gasteiger partial charge in [-0.05, 0) is 25.3 Å². The summed E-state index contributed by atoms with van der Waals surface area (Å²) in [5.74, 6) is -0.736. The summed E-state index contributed by atoms with van der Waals surface area (Å²) >= 11 is 0. The van der Waals surface area contributed by atoms with Crippen LogP contribution in [0.5, 0.6) is 0 Å². The number of aliphatic hydroxyl groups excluding tert-OH is 1. The Balaban J connectivity index is 2.76. The average Bonchev–Trinajstić information content (AvgIpc) is 2.23. The van der Waals surface area contributed by atoms with Crippen molar-refractivity contribution in [1.82, 2.24) is 0 Å². The molecule has 0 radical (unpaired) electrons. The van der Waals surface area contributed by atoms with E-state index in [0.29, 0.717) is 25.7 Å². The molecule has 1 aliphatic rings. The van der Waals surface area contributed by atoms with Gasteiger partial charge in [0.25, 0.3) is 0 Å². The molecule has 0 bridgehead atoms. The van der Waals surface area contributed by atoms with E-state index in [4.69, 9.17) is 4.74 Å². The van der Waals surface area contributed by atoms with Crippen LogP contribution in [-0.2, 0) is 14.3 Å². The molecular formula is C11H16O4.